The molecule has 4 unspecified atom stereocenters. The van der Waals surface area contributed by atoms with Crippen LogP contribution in [0.1, 0.15) is 143 Å². The molecule has 2 saturated carbocycles. The summed E-state index contributed by atoms with van der Waals surface area (Å²) in [6.07, 6.45) is 19.1. The van der Waals surface area contributed by atoms with Crippen LogP contribution in [-0.2, 0) is 19.3 Å². The molecule has 5 atom stereocenters. The van der Waals surface area contributed by atoms with Crippen molar-refractivity contribution in [2.45, 2.75) is 145 Å². The van der Waals surface area contributed by atoms with Crippen molar-refractivity contribution < 1.29 is 0 Å². The minimum Gasteiger partial charge on any atom is -0.392 e. The van der Waals surface area contributed by atoms with E-state index in [-0.39, 0.29) is 0 Å². The van der Waals surface area contributed by atoms with E-state index in [0.717, 1.165) is 35.5 Å². The molecule has 2 aliphatic carbocycles. The largest absolute Gasteiger partial charge is 0.392 e. The van der Waals surface area contributed by atoms with E-state index in [4.69, 9.17) is 0 Å². The molecular formula is C38H67N. The van der Waals surface area contributed by atoms with Crippen LogP contribution in [0, 0.1) is 40.9 Å². The lowest BCUT2D eigenvalue weighted by Gasteiger charge is -2.28. The Labute approximate surface area is 245 Å². The third kappa shape index (κ3) is 11.3. The van der Waals surface area contributed by atoms with Gasteiger partial charge in [0.1, 0.15) is 0 Å². The molecule has 0 aromatic heterocycles. The zero-order chi connectivity index (χ0) is 29.0. The van der Waals surface area contributed by atoms with Crippen LogP contribution >= 0.6 is 0 Å². The topological polar surface area (TPSA) is 12.0 Å². The van der Waals surface area contributed by atoms with Crippen LogP contribution in [0.4, 0.5) is 0 Å². The quantitative estimate of drug-likeness (QED) is 0.195. The summed E-state index contributed by atoms with van der Waals surface area (Å²) in [5.41, 5.74) is 6.80. The van der Waals surface area contributed by atoms with Gasteiger partial charge in [-0.05, 0) is 109 Å². The Hall–Kier alpha value is -1.24. The summed E-state index contributed by atoms with van der Waals surface area (Å²) in [5, 5.41) is 3.31. The van der Waals surface area contributed by atoms with Crippen molar-refractivity contribution in [1.29, 1.82) is 0 Å². The van der Waals surface area contributed by atoms with E-state index in [1.54, 1.807) is 23.1 Å². The van der Waals surface area contributed by atoms with E-state index in [2.05, 4.69) is 85.5 Å². The first-order valence-electron chi connectivity index (χ1n) is 17.0. The lowest BCUT2D eigenvalue weighted by molar-refractivity contribution is 0.284. The molecule has 0 amide bonds. The Morgan fingerprint density at radius 3 is 2.23 bits per heavy atom. The Morgan fingerprint density at radius 1 is 1.00 bits per heavy atom. The summed E-state index contributed by atoms with van der Waals surface area (Å²) in [7, 11) is 2.01. The molecule has 0 aliphatic heterocycles. The first-order valence-corrected chi connectivity index (χ1v) is 17.0. The predicted octanol–water partition coefficient (Wildman–Crippen LogP) is 11.2. The summed E-state index contributed by atoms with van der Waals surface area (Å²) in [6.45, 7) is 23.2. The predicted molar refractivity (Wildman–Crippen MR) is 175 cm³/mol. The molecule has 39 heavy (non-hydrogen) atoms. The molecule has 1 aromatic rings. The molecule has 0 heterocycles. The zero-order valence-electron chi connectivity index (χ0n) is 27.8. The van der Waals surface area contributed by atoms with E-state index < -0.39 is 0 Å². The monoisotopic (exact) mass is 538 g/mol. The lowest BCUT2D eigenvalue weighted by Crippen LogP contribution is -2.22. The average molecular weight is 538 g/mol. The van der Waals surface area contributed by atoms with Crippen LogP contribution in [0.25, 0.3) is 0 Å². The van der Waals surface area contributed by atoms with Crippen molar-refractivity contribution in [3.05, 3.63) is 47.2 Å². The number of fused-ring (bicyclic) bond motifs is 1. The van der Waals surface area contributed by atoms with Crippen LogP contribution in [0.2, 0.25) is 0 Å². The second-order valence-electron chi connectivity index (χ2n) is 14.5. The number of hydrogen-bond donors (Lipinski definition) is 1. The van der Waals surface area contributed by atoms with Crippen LogP contribution in [0.5, 0.6) is 0 Å². The molecule has 1 N–H and O–H groups in total. The van der Waals surface area contributed by atoms with Gasteiger partial charge in [-0.25, -0.2) is 0 Å². The first-order chi connectivity index (χ1) is 18.5. The maximum Gasteiger partial charge on any atom is 0.00652 e. The summed E-state index contributed by atoms with van der Waals surface area (Å²) >= 11 is 0. The molecular weight excluding hydrogens is 470 g/mol. The highest BCUT2D eigenvalue weighted by molar-refractivity contribution is 5.32. The fraction of sp³-hybridized carbons (Fsp3) is 0.789. The van der Waals surface area contributed by atoms with Gasteiger partial charge in [0.05, 0.1) is 0 Å². The molecule has 0 saturated heterocycles. The van der Waals surface area contributed by atoms with Crippen molar-refractivity contribution >= 4 is 0 Å². The van der Waals surface area contributed by atoms with Crippen molar-refractivity contribution in [1.82, 2.24) is 5.32 Å². The highest BCUT2D eigenvalue weighted by Crippen LogP contribution is 2.62. The Balaban J connectivity index is 0.000000643. The van der Waals surface area contributed by atoms with Gasteiger partial charge >= 0.3 is 0 Å². The smallest absolute Gasteiger partial charge is 0.00652 e. The average Bonchev–Trinajstić information content (AvgIpc) is 3.41. The standard InChI is InChI=1S/C31H55N.C7H12/c1-10-12-13-14-15-30-22-27(17-19-28(30)11-2)21-29(23(3)4)18-16-25(7)20-31(24(5)6)26(8)32-9;1-7-4-2-3-6(7)5-7/h17,19,22-25,29,31-32H,8,10-16,18,20-21H2,1-7,9H3;6H,2-5H2,1H3/t;6?,7-/m.0/s1. The van der Waals surface area contributed by atoms with Crippen molar-refractivity contribution in [3.8, 4) is 0 Å². The molecule has 224 valence electrons. The molecule has 2 aliphatic rings. The van der Waals surface area contributed by atoms with E-state index in [1.165, 1.54) is 82.7 Å². The first kappa shape index (κ1) is 34.0. The van der Waals surface area contributed by atoms with Crippen molar-refractivity contribution in [2.24, 2.45) is 40.9 Å². The number of unbranched alkanes of at least 4 members (excludes halogenated alkanes) is 3. The third-order valence-electron chi connectivity index (χ3n) is 10.5. The fourth-order valence-electron chi connectivity index (χ4n) is 7.17. The lowest BCUT2D eigenvalue weighted by atomic mass is 9.79. The van der Waals surface area contributed by atoms with Crippen LogP contribution < -0.4 is 5.32 Å². The Kier molecular flexibility index (Phi) is 14.7. The summed E-state index contributed by atoms with van der Waals surface area (Å²) in [5.74, 6) is 4.62. The maximum atomic E-state index is 4.27. The van der Waals surface area contributed by atoms with Gasteiger partial charge in [-0.1, -0.05) is 112 Å². The molecule has 0 bridgehead atoms. The second kappa shape index (κ2) is 16.9. The van der Waals surface area contributed by atoms with Crippen LogP contribution in [0.3, 0.4) is 0 Å². The Morgan fingerprint density at radius 2 is 1.74 bits per heavy atom. The fourth-order valence-corrected chi connectivity index (χ4v) is 7.17. The van der Waals surface area contributed by atoms with E-state index in [1.807, 2.05) is 7.05 Å². The van der Waals surface area contributed by atoms with Gasteiger partial charge in [-0.3, -0.25) is 0 Å². The maximum absolute atomic E-state index is 4.27. The number of aryl methyl sites for hydroxylation is 2. The van der Waals surface area contributed by atoms with Gasteiger partial charge in [0.2, 0.25) is 0 Å². The molecule has 2 fully saturated rings. The molecule has 0 radical (unpaired) electrons. The normalized spacial score (nSPS) is 22.2. The van der Waals surface area contributed by atoms with E-state index in [0.29, 0.717) is 11.8 Å². The van der Waals surface area contributed by atoms with Crippen LogP contribution in [-0.4, -0.2) is 7.05 Å². The summed E-state index contributed by atoms with van der Waals surface area (Å²) < 4.78 is 0. The molecule has 3 rings (SSSR count). The van der Waals surface area contributed by atoms with Gasteiger partial charge in [0.15, 0.2) is 0 Å². The summed E-state index contributed by atoms with van der Waals surface area (Å²) in [6, 6.07) is 7.38. The molecule has 0 spiro atoms. The number of allylic oxidation sites excluding steroid dienone is 1. The Bertz CT molecular complexity index is 833. The highest BCUT2D eigenvalue weighted by atomic mass is 14.8. The van der Waals surface area contributed by atoms with Gasteiger partial charge in [-0.2, -0.15) is 0 Å². The van der Waals surface area contributed by atoms with Crippen molar-refractivity contribution in [2.75, 3.05) is 7.05 Å². The number of nitrogens with one attached hydrogen (secondary N) is 1. The van der Waals surface area contributed by atoms with Gasteiger partial charge < -0.3 is 5.32 Å². The number of rotatable bonds is 17. The molecule has 1 heteroatoms. The third-order valence-corrected chi connectivity index (χ3v) is 10.5. The highest BCUT2D eigenvalue weighted by Gasteiger charge is 2.52. The SMILES string of the molecule is C=C(NC)C(CC(C)CCC(Cc1ccc(CC)c(CCCCCC)c1)C(C)C)C(C)C.C[C@@]12CCCC1C2. The number of hydrogen-bond acceptors (Lipinski definition) is 1. The van der Waals surface area contributed by atoms with Gasteiger partial charge in [0, 0.05) is 18.7 Å². The van der Waals surface area contributed by atoms with E-state index in [9.17, 15) is 0 Å². The minimum absolute atomic E-state index is 0.573. The zero-order valence-corrected chi connectivity index (χ0v) is 27.8. The summed E-state index contributed by atoms with van der Waals surface area (Å²) in [4.78, 5) is 0. The second-order valence-corrected chi connectivity index (χ2v) is 14.5. The van der Waals surface area contributed by atoms with Crippen LogP contribution in [0.15, 0.2) is 30.5 Å². The van der Waals surface area contributed by atoms with Crippen molar-refractivity contribution in [3.63, 3.8) is 0 Å². The van der Waals surface area contributed by atoms with Gasteiger partial charge in [0.25, 0.3) is 0 Å². The minimum atomic E-state index is 0.573. The molecule has 1 nitrogen and oxygen atoms in total. The molecule has 1 aromatic carbocycles. The van der Waals surface area contributed by atoms with Gasteiger partial charge in [-0.15, -0.1) is 0 Å². The number of benzene rings is 1. The van der Waals surface area contributed by atoms with E-state index >= 15 is 0 Å².